The van der Waals surface area contributed by atoms with Crippen LogP contribution in [0.1, 0.15) is 18.4 Å². The summed E-state index contributed by atoms with van der Waals surface area (Å²) >= 11 is 0. The van der Waals surface area contributed by atoms with Gasteiger partial charge in [0.2, 0.25) is 5.91 Å². The number of anilines is 1. The highest BCUT2D eigenvalue weighted by atomic mass is 16.6. The normalized spacial score (nSPS) is 16.0. The lowest BCUT2D eigenvalue weighted by atomic mass is 10.1. The van der Waals surface area contributed by atoms with Crippen LogP contribution in [0.3, 0.4) is 0 Å². The van der Waals surface area contributed by atoms with Gasteiger partial charge in [0.1, 0.15) is 12.1 Å². The molecular weight excluding hydrogens is 320 g/mol. The average molecular weight is 332 g/mol. The molecule has 124 valence electrons. The van der Waals surface area contributed by atoms with E-state index >= 15 is 0 Å². The summed E-state index contributed by atoms with van der Waals surface area (Å²) in [6, 6.07) is 4.35. The molecule has 0 radical (unpaired) electrons. The van der Waals surface area contributed by atoms with Crippen molar-refractivity contribution in [1.82, 2.24) is 5.32 Å². The molecule has 1 atom stereocenters. The maximum atomic E-state index is 11.8. The molecule has 0 aromatic heterocycles. The third-order valence-electron chi connectivity index (χ3n) is 3.23. The fraction of sp³-hybridized carbons (Fsp3) is 0.286. The maximum absolute atomic E-state index is 11.8. The maximum Gasteiger partial charge on any atom is 0.329 e. The Labute approximate surface area is 135 Å². The first-order chi connectivity index (χ1) is 11.4. The van der Waals surface area contributed by atoms with Gasteiger partial charge in [-0.15, -0.1) is 0 Å². The topological polar surface area (TPSA) is 151 Å². The number of hydrogen-bond acceptors (Lipinski definition) is 7. The number of nitriles is 1. The summed E-state index contributed by atoms with van der Waals surface area (Å²) in [6.07, 6.45) is 0.528. The summed E-state index contributed by atoms with van der Waals surface area (Å²) < 4.78 is 4.79. The molecule has 0 spiro atoms. The van der Waals surface area contributed by atoms with E-state index < -0.39 is 29.4 Å². The molecule has 1 saturated heterocycles. The minimum atomic E-state index is -0.764. The standard InChI is InChI=1S/C14H12N4O6/c15-6-8-5-9(18(22)23)1-2-10(8)16-13(20)7-24-14(21)11-3-4-12(19)17-11/h1-2,5,11H,3-4,7H2,(H,16,20)(H,17,19)/t11-/m1/s1. The van der Waals surface area contributed by atoms with Crippen LogP contribution in [0.5, 0.6) is 0 Å². The molecule has 0 bridgehead atoms. The number of ether oxygens (including phenoxy) is 1. The quantitative estimate of drug-likeness (QED) is 0.444. The van der Waals surface area contributed by atoms with Gasteiger partial charge >= 0.3 is 5.97 Å². The lowest BCUT2D eigenvalue weighted by Gasteiger charge is -2.11. The van der Waals surface area contributed by atoms with Gasteiger partial charge in [-0.05, 0) is 12.5 Å². The van der Waals surface area contributed by atoms with Crippen molar-refractivity contribution in [2.24, 2.45) is 0 Å². The van der Waals surface area contributed by atoms with Gasteiger partial charge in [-0.1, -0.05) is 0 Å². The summed E-state index contributed by atoms with van der Waals surface area (Å²) in [5.74, 6) is -1.69. The highest BCUT2D eigenvalue weighted by Gasteiger charge is 2.28. The van der Waals surface area contributed by atoms with Gasteiger partial charge in [-0.2, -0.15) is 5.26 Å². The number of hydrogen-bond donors (Lipinski definition) is 2. The number of esters is 1. The van der Waals surface area contributed by atoms with Crippen molar-refractivity contribution >= 4 is 29.2 Å². The molecule has 1 aliphatic heterocycles. The number of nitrogens with one attached hydrogen (secondary N) is 2. The lowest BCUT2D eigenvalue weighted by molar-refractivity contribution is -0.384. The van der Waals surface area contributed by atoms with E-state index in [1.807, 2.05) is 0 Å². The summed E-state index contributed by atoms with van der Waals surface area (Å²) in [6.45, 7) is -0.604. The molecule has 2 amide bonds. The van der Waals surface area contributed by atoms with Gasteiger partial charge in [0.25, 0.3) is 11.6 Å². The van der Waals surface area contributed by atoms with Crippen molar-refractivity contribution < 1.29 is 24.0 Å². The van der Waals surface area contributed by atoms with Crippen LogP contribution in [-0.4, -0.2) is 35.4 Å². The molecule has 1 aromatic carbocycles. The molecule has 0 aliphatic carbocycles. The molecular formula is C14H12N4O6. The largest absolute Gasteiger partial charge is 0.454 e. The van der Waals surface area contributed by atoms with Crippen molar-refractivity contribution in [3.63, 3.8) is 0 Å². The monoisotopic (exact) mass is 332 g/mol. The number of amides is 2. The molecule has 1 fully saturated rings. The number of nitro benzene ring substituents is 1. The number of benzene rings is 1. The molecule has 1 aromatic rings. The van der Waals surface area contributed by atoms with Gasteiger partial charge in [-0.25, -0.2) is 4.79 Å². The van der Waals surface area contributed by atoms with Gasteiger partial charge in [0.15, 0.2) is 6.61 Å². The predicted octanol–water partition coefficient (Wildman–Crippen LogP) is 0.227. The molecule has 1 aliphatic rings. The van der Waals surface area contributed by atoms with E-state index in [1.165, 1.54) is 6.07 Å². The first kappa shape index (κ1) is 16.9. The Morgan fingerprint density at radius 1 is 1.50 bits per heavy atom. The Bertz CT molecular complexity index is 754. The van der Waals surface area contributed by atoms with E-state index in [1.54, 1.807) is 6.07 Å². The Kier molecular flexibility index (Phi) is 5.06. The number of non-ortho nitro benzene ring substituents is 1. The summed E-state index contributed by atoms with van der Waals surface area (Å²) in [5, 5.41) is 24.4. The third kappa shape index (κ3) is 4.04. The van der Waals surface area contributed by atoms with Crippen molar-refractivity contribution in [3.8, 4) is 6.07 Å². The summed E-state index contributed by atoms with van der Waals surface area (Å²) in [7, 11) is 0. The number of carbonyl (C=O) groups is 3. The van der Waals surface area contributed by atoms with Crippen LogP contribution in [0.2, 0.25) is 0 Å². The van der Waals surface area contributed by atoms with E-state index in [2.05, 4.69) is 10.6 Å². The highest BCUT2D eigenvalue weighted by Crippen LogP contribution is 2.21. The zero-order chi connectivity index (χ0) is 17.7. The predicted molar refractivity (Wildman–Crippen MR) is 78.6 cm³/mol. The first-order valence-corrected chi connectivity index (χ1v) is 6.85. The molecule has 10 nitrogen and oxygen atoms in total. The van der Waals surface area contributed by atoms with Crippen LogP contribution in [0.4, 0.5) is 11.4 Å². The molecule has 2 rings (SSSR count). The Morgan fingerprint density at radius 2 is 2.25 bits per heavy atom. The van der Waals surface area contributed by atoms with Crippen molar-refractivity contribution in [1.29, 1.82) is 5.26 Å². The van der Waals surface area contributed by atoms with E-state index in [-0.39, 0.29) is 29.3 Å². The van der Waals surface area contributed by atoms with Crippen LogP contribution in [0.15, 0.2) is 18.2 Å². The molecule has 24 heavy (non-hydrogen) atoms. The summed E-state index contributed by atoms with van der Waals surface area (Å²) in [4.78, 5) is 44.4. The van der Waals surface area contributed by atoms with Gasteiger partial charge in [0, 0.05) is 18.6 Å². The zero-order valence-electron chi connectivity index (χ0n) is 12.3. The van der Waals surface area contributed by atoms with Crippen molar-refractivity contribution in [2.75, 3.05) is 11.9 Å². The fourth-order valence-electron chi connectivity index (χ4n) is 2.06. The van der Waals surface area contributed by atoms with Crippen LogP contribution in [-0.2, 0) is 19.1 Å². The molecule has 2 N–H and O–H groups in total. The number of nitrogens with zero attached hydrogens (tertiary/aromatic N) is 2. The zero-order valence-corrected chi connectivity index (χ0v) is 12.3. The van der Waals surface area contributed by atoms with Crippen LogP contribution < -0.4 is 10.6 Å². The molecule has 10 heteroatoms. The Balaban J connectivity index is 1.93. The summed E-state index contributed by atoms with van der Waals surface area (Å²) in [5.41, 5.74) is -0.307. The first-order valence-electron chi connectivity index (χ1n) is 6.85. The minimum Gasteiger partial charge on any atom is -0.454 e. The van der Waals surface area contributed by atoms with Gasteiger partial charge in [-0.3, -0.25) is 19.7 Å². The van der Waals surface area contributed by atoms with Crippen LogP contribution in [0, 0.1) is 21.4 Å². The molecule has 0 unspecified atom stereocenters. The smallest absolute Gasteiger partial charge is 0.329 e. The number of nitro groups is 1. The van der Waals surface area contributed by atoms with Crippen molar-refractivity contribution in [2.45, 2.75) is 18.9 Å². The molecule has 1 heterocycles. The Morgan fingerprint density at radius 3 is 2.83 bits per heavy atom. The molecule has 0 saturated carbocycles. The second-order valence-corrected chi connectivity index (χ2v) is 4.91. The van der Waals surface area contributed by atoms with E-state index in [0.717, 1.165) is 12.1 Å². The average Bonchev–Trinajstić information content (AvgIpc) is 2.99. The van der Waals surface area contributed by atoms with Crippen LogP contribution in [0.25, 0.3) is 0 Å². The second kappa shape index (κ2) is 7.19. The van der Waals surface area contributed by atoms with Gasteiger partial charge < -0.3 is 15.4 Å². The number of rotatable bonds is 5. The van der Waals surface area contributed by atoms with Crippen molar-refractivity contribution in [3.05, 3.63) is 33.9 Å². The van der Waals surface area contributed by atoms with E-state index in [9.17, 15) is 24.5 Å². The Hall–Kier alpha value is -3.48. The minimum absolute atomic E-state index is 0.0679. The third-order valence-corrected chi connectivity index (χ3v) is 3.23. The second-order valence-electron chi connectivity index (χ2n) is 4.91. The highest BCUT2D eigenvalue weighted by molar-refractivity contribution is 5.95. The lowest BCUT2D eigenvalue weighted by Crippen LogP contribution is -2.36. The van der Waals surface area contributed by atoms with Crippen LogP contribution >= 0.6 is 0 Å². The van der Waals surface area contributed by atoms with Gasteiger partial charge in [0.05, 0.1) is 16.2 Å². The fourth-order valence-corrected chi connectivity index (χ4v) is 2.06. The SMILES string of the molecule is N#Cc1cc([N+](=O)[O-])ccc1NC(=O)COC(=O)[C@H]1CCC(=O)N1. The van der Waals surface area contributed by atoms with E-state index in [0.29, 0.717) is 6.42 Å². The van der Waals surface area contributed by atoms with E-state index in [4.69, 9.17) is 10.00 Å². The number of carbonyl (C=O) groups excluding carboxylic acids is 3.